The van der Waals surface area contributed by atoms with Gasteiger partial charge in [-0.1, -0.05) is 0 Å². The lowest BCUT2D eigenvalue weighted by molar-refractivity contribution is -0.130. The molecule has 1 aromatic heterocycles. The highest BCUT2D eigenvalue weighted by atomic mass is 79.9. The van der Waals surface area contributed by atoms with Gasteiger partial charge in [0.05, 0.1) is 10.3 Å². The Bertz CT molecular complexity index is 511. The van der Waals surface area contributed by atoms with Crippen LogP contribution in [0.2, 0.25) is 0 Å². The van der Waals surface area contributed by atoms with E-state index in [2.05, 4.69) is 21.2 Å². The fraction of sp³-hybridized carbons (Fsp3) is 0.455. The van der Waals surface area contributed by atoms with E-state index in [0.29, 0.717) is 12.3 Å². The van der Waals surface area contributed by atoms with Crippen LogP contribution in [0, 0.1) is 0 Å². The van der Waals surface area contributed by atoms with Gasteiger partial charge >= 0.3 is 6.03 Å². The molecular weight excluding hydrogens is 336 g/mol. The fourth-order valence-corrected chi connectivity index (χ4v) is 5.04. The van der Waals surface area contributed by atoms with Crippen LogP contribution in [-0.2, 0) is 11.3 Å². The minimum Gasteiger partial charge on any atom is -0.322 e. The molecule has 3 rings (SSSR count). The summed E-state index contributed by atoms with van der Waals surface area (Å²) in [6.07, 6.45) is 0.743. The summed E-state index contributed by atoms with van der Waals surface area (Å²) in [6, 6.07) is 3.61. The molecule has 3 heterocycles. The third-order valence-corrected chi connectivity index (χ3v) is 6.01. The molecule has 2 aliphatic heterocycles. The molecule has 4 nitrogen and oxygen atoms in total. The largest absolute Gasteiger partial charge is 0.325 e. The minimum absolute atomic E-state index is 0.0676. The Hall–Kier alpha value is -0.530. The zero-order valence-corrected chi connectivity index (χ0v) is 12.7. The van der Waals surface area contributed by atoms with Gasteiger partial charge in [-0.15, -0.1) is 11.3 Å². The van der Waals surface area contributed by atoms with Crippen LogP contribution in [0.5, 0.6) is 0 Å². The van der Waals surface area contributed by atoms with Gasteiger partial charge in [-0.3, -0.25) is 9.69 Å². The SMILES string of the molecule is O=C1N[C@@]2(CCSC2)C(=O)N1Cc1ccc(Br)s1. The average molecular weight is 347 g/mol. The van der Waals surface area contributed by atoms with Gasteiger partial charge < -0.3 is 5.32 Å². The second-order valence-corrected chi connectivity index (χ2v) is 8.06. The average Bonchev–Trinajstić information content (AvgIpc) is 2.99. The lowest BCUT2D eigenvalue weighted by atomic mass is 9.99. The molecule has 0 bridgehead atoms. The van der Waals surface area contributed by atoms with Crippen molar-refractivity contribution < 1.29 is 9.59 Å². The standard InChI is InChI=1S/C11H11BrN2O2S2/c12-8-2-1-7(18-8)5-14-9(15)11(13-10(14)16)3-4-17-6-11/h1-2H,3-6H2,(H,13,16)/t11-/m1/s1. The van der Waals surface area contributed by atoms with Gasteiger partial charge in [-0.25, -0.2) is 4.79 Å². The van der Waals surface area contributed by atoms with Crippen molar-refractivity contribution in [1.82, 2.24) is 10.2 Å². The number of hydrogen-bond acceptors (Lipinski definition) is 4. The lowest BCUT2D eigenvalue weighted by Crippen LogP contribution is -2.46. The van der Waals surface area contributed by atoms with Gasteiger partial charge in [0.15, 0.2) is 0 Å². The summed E-state index contributed by atoms with van der Waals surface area (Å²) in [6.45, 7) is 0.368. The zero-order chi connectivity index (χ0) is 12.8. The van der Waals surface area contributed by atoms with Crippen molar-refractivity contribution in [3.8, 4) is 0 Å². The highest BCUT2D eigenvalue weighted by molar-refractivity contribution is 9.11. The Labute approximate surface area is 121 Å². The van der Waals surface area contributed by atoms with Crippen LogP contribution in [0.3, 0.4) is 0 Å². The number of amides is 3. The molecule has 3 amide bonds. The summed E-state index contributed by atoms with van der Waals surface area (Å²) >= 11 is 6.65. The van der Waals surface area contributed by atoms with Crippen molar-refractivity contribution in [3.63, 3.8) is 0 Å². The molecular formula is C11H11BrN2O2S2. The van der Waals surface area contributed by atoms with Gasteiger partial charge in [0.1, 0.15) is 5.54 Å². The van der Waals surface area contributed by atoms with Crippen LogP contribution in [0.4, 0.5) is 4.79 Å². The third-order valence-electron chi connectivity index (χ3n) is 3.21. The molecule has 1 atom stereocenters. The molecule has 1 aromatic rings. The van der Waals surface area contributed by atoms with E-state index in [4.69, 9.17) is 0 Å². The molecule has 0 unspecified atom stereocenters. The smallest absolute Gasteiger partial charge is 0.322 e. The van der Waals surface area contributed by atoms with E-state index >= 15 is 0 Å². The molecule has 96 valence electrons. The van der Waals surface area contributed by atoms with Crippen molar-refractivity contribution in [3.05, 3.63) is 20.8 Å². The maximum Gasteiger partial charge on any atom is 0.325 e. The number of thioether (sulfide) groups is 1. The predicted molar refractivity (Wildman–Crippen MR) is 75.8 cm³/mol. The third kappa shape index (κ3) is 1.98. The Morgan fingerprint density at radius 3 is 2.89 bits per heavy atom. The first-order valence-electron chi connectivity index (χ1n) is 5.57. The van der Waals surface area contributed by atoms with Crippen molar-refractivity contribution in [2.24, 2.45) is 0 Å². The van der Waals surface area contributed by atoms with Gasteiger partial charge in [0, 0.05) is 10.6 Å². The van der Waals surface area contributed by atoms with E-state index in [0.717, 1.165) is 20.8 Å². The quantitative estimate of drug-likeness (QED) is 0.836. The van der Waals surface area contributed by atoms with E-state index in [-0.39, 0.29) is 11.9 Å². The molecule has 1 N–H and O–H groups in total. The van der Waals surface area contributed by atoms with Crippen LogP contribution in [0.15, 0.2) is 15.9 Å². The normalized spacial score (nSPS) is 27.3. The summed E-state index contributed by atoms with van der Waals surface area (Å²) in [5.41, 5.74) is -0.629. The Morgan fingerprint density at radius 1 is 1.44 bits per heavy atom. The number of imide groups is 1. The summed E-state index contributed by atoms with van der Waals surface area (Å²) in [5.74, 6) is 1.56. The first-order valence-corrected chi connectivity index (χ1v) is 8.33. The molecule has 7 heteroatoms. The van der Waals surface area contributed by atoms with Crippen LogP contribution in [0.25, 0.3) is 0 Å². The number of urea groups is 1. The number of nitrogens with one attached hydrogen (secondary N) is 1. The van der Waals surface area contributed by atoms with E-state index in [1.165, 1.54) is 4.90 Å². The Morgan fingerprint density at radius 2 is 2.28 bits per heavy atom. The summed E-state index contributed by atoms with van der Waals surface area (Å²) in [5, 5.41) is 2.87. The molecule has 2 saturated heterocycles. The Balaban J connectivity index is 1.80. The van der Waals surface area contributed by atoms with E-state index in [1.54, 1.807) is 23.1 Å². The topological polar surface area (TPSA) is 49.4 Å². The Kier molecular flexibility index (Phi) is 3.15. The lowest BCUT2D eigenvalue weighted by Gasteiger charge is -2.18. The number of hydrogen-bond donors (Lipinski definition) is 1. The number of halogens is 1. The van der Waals surface area contributed by atoms with Gasteiger partial charge in [-0.2, -0.15) is 11.8 Å². The summed E-state index contributed by atoms with van der Waals surface area (Å²) < 4.78 is 1.01. The zero-order valence-electron chi connectivity index (χ0n) is 9.44. The van der Waals surface area contributed by atoms with E-state index in [9.17, 15) is 9.59 Å². The van der Waals surface area contributed by atoms with Crippen molar-refractivity contribution in [2.45, 2.75) is 18.5 Å². The van der Waals surface area contributed by atoms with Crippen LogP contribution >= 0.6 is 39.0 Å². The second-order valence-electron chi connectivity index (χ2n) is 4.41. The van der Waals surface area contributed by atoms with Crippen LogP contribution in [-0.4, -0.2) is 33.9 Å². The second kappa shape index (κ2) is 4.54. The number of nitrogens with zero attached hydrogens (tertiary/aromatic N) is 1. The van der Waals surface area contributed by atoms with E-state index < -0.39 is 5.54 Å². The molecule has 0 radical (unpaired) electrons. The number of rotatable bonds is 2. The molecule has 0 aromatic carbocycles. The molecule has 0 aliphatic carbocycles. The predicted octanol–water partition coefficient (Wildman–Crippen LogP) is 2.44. The monoisotopic (exact) mass is 346 g/mol. The van der Waals surface area contributed by atoms with Crippen LogP contribution < -0.4 is 5.32 Å². The molecule has 2 aliphatic rings. The number of thiophene rings is 1. The first kappa shape index (κ1) is 12.5. The molecule has 1 spiro atoms. The van der Waals surface area contributed by atoms with Crippen molar-refractivity contribution in [2.75, 3.05) is 11.5 Å². The molecule has 18 heavy (non-hydrogen) atoms. The molecule has 2 fully saturated rings. The van der Waals surface area contributed by atoms with Crippen molar-refractivity contribution in [1.29, 1.82) is 0 Å². The first-order chi connectivity index (χ1) is 8.61. The molecule has 0 saturated carbocycles. The summed E-state index contributed by atoms with van der Waals surface area (Å²) in [7, 11) is 0. The highest BCUT2D eigenvalue weighted by Crippen LogP contribution is 2.34. The number of carbonyl (C=O) groups is 2. The highest BCUT2D eigenvalue weighted by Gasteiger charge is 2.52. The van der Waals surface area contributed by atoms with Crippen molar-refractivity contribution >= 4 is 51.0 Å². The number of carbonyl (C=O) groups excluding carboxylic acids is 2. The van der Waals surface area contributed by atoms with Crippen LogP contribution in [0.1, 0.15) is 11.3 Å². The van der Waals surface area contributed by atoms with E-state index in [1.807, 2.05) is 12.1 Å². The maximum absolute atomic E-state index is 12.4. The van der Waals surface area contributed by atoms with Gasteiger partial charge in [0.2, 0.25) is 0 Å². The van der Waals surface area contributed by atoms with Gasteiger partial charge in [0.25, 0.3) is 5.91 Å². The minimum atomic E-state index is -0.629. The maximum atomic E-state index is 12.4. The van der Waals surface area contributed by atoms with Gasteiger partial charge in [-0.05, 0) is 40.2 Å². The summed E-state index contributed by atoms with van der Waals surface area (Å²) in [4.78, 5) is 26.7. The fourth-order valence-electron chi connectivity index (χ4n) is 2.24.